The highest BCUT2D eigenvalue weighted by molar-refractivity contribution is 6.17. The normalized spacial score (nSPS) is 10.5. The second kappa shape index (κ2) is 5.97. The zero-order valence-corrected chi connectivity index (χ0v) is 11.0. The molecule has 0 aliphatic heterocycles. The predicted molar refractivity (Wildman–Crippen MR) is 69.6 cm³/mol. The molecule has 1 aromatic carbocycles. The van der Waals surface area contributed by atoms with Gasteiger partial charge in [-0.15, -0.1) is 11.6 Å². The number of aryl methyl sites for hydroxylation is 1. The Balaban J connectivity index is 2.29. The monoisotopic (exact) mass is 283 g/mol. The van der Waals surface area contributed by atoms with E-state index in [-0.39, 0.29) is 5.75 Å². The minimum atomic E-state index is -0.957. The van der Waals surface area contributed by atoms with Crippen molar-refractivity contribution in [2.75, 3.05) is 0 Å². The lowest BCUT2D eigenvalue weighted by molar-refractivity contribution is 0.446. The highest BCUT2D eigenvalue weighted by Crippen LogP contribution is 2.23. The number of nitrogens with zero attached hydrogens (tertiary/aromatic N) is 1. The molecule has 0 unspecified atom stereocenters. The molecule has 0 aliphatic rings. The summed E-state index contributed by atoms with van der Waals surface area (Å²) < 4.78 is 31.3. The van der Waals surface area contributed by atoms with Crippen molar-refractivity contribution in [3.05, 3.63) is 53.2 Å². The Morgan fingerprint density at radius 2 is 1.95 bits per heavy atom. The molecule has 1 heterocycles. The Kier molecular flexibility index (Phi) is 4.32. The maximum Gasteiger partial charge on any atom is 0.219 e. The predicted octanol–water partition coefficient (Wildman–Crippen LogP) is 4.45. The van der Waals surface area contributed by atoms with Crippen molar-refractivity contribution in [1.29, 1.82) is 0 Å². The molecular weight excluding hydrogens is 272 g/mol. The molecule has 2 aromatic rings. The highest BCUT2D eigenvalue weighted by atomic mass is 35.5. The summed E-state index contributed by atoms with van der Waals surface area (Å²) in [6.45, 7) is 1.96. The average molecular weight is 284 g/mol. The third-order valence-corrected chi connectivity index (χ3v) is 2.85. The van der Waals surface area contributed by atoms with Crippen LogP contribution in [0, 0.1) is 11.6 Å². The number of alkyl halides is 1. The van der Waals surface area contributed by atoms with Crippen molar-refractivity contribution in [2.24, 2.45) is 0 Å². The lowest BCUT2D eigenvalue weighted by Gasteiger charge is -2.08. The molecule has 0 saturated heterocycles. The van der Waals surface area contributed by atoms with E-state index >= 15 is 0 Å². The number of hydrogen-bond donors (Lipinski definition) is 0. The van der Waals surface area contributed by atoms with Gasteiger partial charge in [0, 0.05) is 23.7 Å². The van der Waals surface area contributed by atoms with Crippen LogP contribution in [0.4, 0.5) is 8.78 Å². The Hall–Kier alpha value is -1.68. The summed E-state index contributed by atoms with van der Waals surface area (Å²) in [7, 11) is 0. The van der Waals surface area contributed by atoms with Crippen LogP contribution in [0.5, 0.6) is 11.6 Å². The van der Waals surface area contributed by atoms with Crippen LogP contribution in [0.25, 0.3) is 0 Å². The van der Waals surface area contributed by atoms with Crippen LogP contribution in [0.15, 0.2) is 30.3 Å². The molecule has 19 heavy (non-hydrogen) atoms. The minimum absolute atomic E-state index is 0.195. The van der Waals surface area contributed by atoms with Crippen molar-refractivity contribution in [3.8, 4) is 11.6 Å². The van der Waals surface area contributed by atoms with Crippen LogP contribution in [-0.4, -0.2) is 4.98 Å². The van der Waals surface area contributed by atoms with Gasteiger partial charge >= 0.3 is 0 Å². The molecule has 0 bridgehead atoms. The molecule has 5 heteroatoms. The van der Waals surface area contributed by atoms with E-state index in [9.17, 15) is 8.78 Å². The van der Waals surface area contributed by atoms with Gasteiger partial charge in [0.1, 0.15) is 5.75 Å². The summed E-state index contributed by atoms with van der Waals surface area (Å²) in [5, 5.41) is 0. The van der Waals surface area contributed by atoms with E-state index in [1.165, 1.54) is 6.07 Å². The molecule has 0 saturated carbocycles. The largest absolute Gasteiger partial charge is 0.439 e. The zero-order valence-electron chi connectivity index (χ0n) is 10.3. The first-order chi connectivity index (χ1) is 9.12. The van der Waals surface area contributed by atoms with Crippen molar-refractivity contribution in [1.82, 2.24) is 4.98 Å². The molecule has 0 atom stereocenters. The number of pyridine rings is 1. The fourth-order valence-electron chi connectivity index (χ4n) is 1.59. The second-order valence-corrected chi connectivity index (χ2v) is 4.24. The molecule has 0 spiro atoms. The maximum atomic E-state index is 13.1. The summed E-state index contributed by atoms with van der Waals surface area (Å²) in [6, 6.07) is 6.89. The first-order valence-electron chi connectivity index (χ1n) is 5.81. The van der Waals surface area contributed by atoms with E-state index in [1.54, 1.807) is 6.07 Å². The van der Waals surface area contributed by atoms with Gasteiger partial charge in [0.05, 0.1) is 0 Å². The van der Waals surface area contributed by atoms with E-state index in [0.717, 1.165) is 29.8 Å². The molecule has 0 amide bonds. The number of aromatic nitrogens is 1. The van der Waals surface area contributed by atoms with Gasteiger partial charge in [-0.3, -0.25) is 0 Å². The zero-order chi connectivity index (χ0) is 13.8. The lowest BCUT2D eigenvalue weighted by atomic mass is 10.2. The van der Waals surface area contributed by atoms with E-state index < -0.39 is 11.6 Å². The van der Waals surface area contributed by atoms with Crippen LogP contribution in [0.1, 0.15) is 18.2 Å². The molecule has 0 fully saturated rings. The molecule has 1 aromatic heterocycles. The van der Waals surface area contributed by atoms with E-state index in [1.807, 2.05) is 13.0 Å². The van der Waals surface area contributed by atoms with Crippen molar-refractivity contribution >= 4 is 11.6 Å². The number of hydrogen-bond acceptors (Lipinski definition) is 2. The SMILES string of the molecule is CCc1cc(CCl)cc(Oc2ccc(F)c(F)c2)n1. The molecule has 2 rings (SSSR count). The van der Waals surface area contributed by atoms with Gasteiger partial charge in [0.2, 0.25) is 5.88 Å². The van der Waals surface area contributed by atoms with Crippen molar-refractivity contribution in [2.45, 2.75) is 19.2 Å². The third kappa shape index (κ3) is 3.41. The van der Waals surface area contributed by atoms with Gasteiger partial charge in [-0.25, -0.2) is 13.8 Å². The quantitative estimate of drug-likeness (QED) is 0.773. The Bertz CT molecular complexity index is 567. The fourth-order valence-corrected chi connectivity index (χ4v) is 1.75. The minimum Gasteiger partial charge on any atom is -0.439 e. The van der Waals surface area contributed by atoms with E-state index in [4.69, 9.17) is 16.3 Å². The van der Waals surface area contributed by atoms with Gasteiger partial charge in [0.15, 0.2) is 11.6 Å². The third-order valence-electron chi connectivity index (χ3n) is 2.54. The van der Waals surface area contributed by atoms with Gasteiger partial charge in [-0.2, -0.15) is 0 Å². The molecular formula is C14H12ClF2NO. The molecule has 0 radical (unpaired) electrons. The van der Waals surface area contributed by atoms with Crippen LogP contribution in [-0.2, 0) is 12.3 Å². The first kappa shape index (κ1) is 13.7. The molecule has 2 nitrogen and oxygen atoms in total. The molecule has 0 aliphatic carbocycles. The molecule has 100 valence electrons. The van der Waals surface area contributed by atoms with Crippen LogP contribution in [0.3, 0.4) is 0 Å². The highest BCUT2D eigenvalue weighted by Gasteiger charge is 2.07. The standard InChI is InChI=1S/C14H12ClF2NO/c1-2-10-5-9(8-15)6-14(18-10)19-11-3-4-12(16)13(17)7-11/h3-7H,2,8H2,1H3. The maximum absolute atomic E-state index is 13.1. The van der Waals surface area contributed by atoms with E-state index in [2.05, 4.69) is 4.98 Å². The van der Waals surface area contributed by atoms with Gasteiger partial charge in [-0.1, -0.05) is 6.92 Å². The topological polar surface area (TPSA) is 22.1 Å². The second-order valence-electron chi connectivity index (χ2n) is 3.97. The molecule has 0 N–H and O–H groups in total. The van der Waals surface area contributed by atoms with Crippen LogP contribution >= 0.6 is 11.6 Å². The van der Waals surface area contributed by atoms with Crippen molar-refractivity contribution < 1.29 is 13.5 Å². The van der Waals surface area contributed by atoms with Crippen molar-refractivity contribution in [3.63, 3.8) is 0 Å². The summed E-state index contributed by atoms with van der Waals surface area (Å²) in [4.78, 5) is 4.25. The van der Waals surface area contributed by atoms with Gasteiger partial charge in [-0.05, 0) is 30.2 Å². The number of benzene rings is 1. The van der Waals surface area contributed by atoms with E-state index in [0.29, 0.717) is 11.8 Å². The summed E-state index contributed by atoms with van der Waals surface area (Å²) in [6.07, 6.45) is 0.735. The summed E-state index contributed by atoms with van der Waals surface area (Å²) >= 11 is 5.78. The number of halogens is 3. The number of rotatable bonds is 4. The Labute approximate surface area is 115 Å². The Morgan fingerprint density at radius 1 is 1.16 bits per heavy atom. The lowest BCUT2D eigenvalue weighted by Crippen LogP contribution is -1.95. The smallest absolute Gasteiger partial charge is 0.219 e. The summed E-state index contributed by atoms with van der Waals surface area (Å²) in [5.41, 5.74) is 1.70. The van der Waals surface area contributed by atoms with Gasteiger partial charge in [0.25, 0.3) is 0 Å². The Morgan fingerprint density at radius 3 is 2.58 bits per heavy atom. The number of ether oxygens (including phenoxy) is 1. The van der Waals surface area contributed by atoms with Gasteiger partial charge < -0.3 is 4.74 Å². The fraction of sp³-hybridized carbons (Fsp3) is 0.214. The first-order valence-corrected chi connectivity index (χ1v) is 6.34. The average Bonchev–Trinajstić information content (AvgIpc) is 2.42. The van der Waals surface area contributed by atoms with Crippen LogP contribution < -0.4 is 4.74 Å². The van der Waals surface area contributed by atoms with Crippen LogP contribution in [0.2, 0.25) is 0 Å². The summed E-state index contributed by atoms with van der Waals surface area (Å²) in [5.74, 6) is -1.02.